The van der Waals surface area contributed by atoms with E-state index in [4.69, 9.17) is 16.5 Å². The summed E-state index contributed by atoms with van der Waals surface area (Å²) >= 11 is 0. The van der Waals surface area contributed by atoms with Crippen LogP contribution in [0.2, 0.25) is 0 Å². The van der Waals surface area contributed by atoms with E-state index in [9.17, 15) is 4.79 Å². The van der Waals surface area contributed by atoms with Gasteiger partial charge < -0.3 is 11.5 Å². The summed E-state index contributed by atoms with van der Waals surface area (Å²) in [5.41, 5.74) is 18.8. The van der Waals surface area contributed by atoms with Gasteiger partial charge in [0.1, 0.15) is 0 Å². The molecular formula is C25H24N4O. The maximum absolute atomic E-state index is 12.1. The average Bonchev–Trinajstić information content (AvgIpc) is 3.11. The lowest BCUT2D eigenvalue weighted by Gasteiger charge is -2.38. The first-order valence-corrected chi connectivity index (χ1v) is 10.2. The van der Waals surface area contributed by atoms with E-state index in [-0.39, 0.29) is 5.54 Å². The Kier molecular flexibility index (Phi) is 4.22. The monoisotopic (exact) mass is 396 g/mol. The molecule has 0 radical (unpaired) electrons. The number of hydrogen-bond acceptors (Lipinski definition) is 3. The number of primary amides is 1. The van der Waals surface area contributed by atoms with Crippen molar-refractivity contribution < 1.29 is 4.79 Å². The molecule has 5 nitrogen and oxygen atoms in total. The van der Waals surface area contributed by atoms with Crippen molar-refractivity contribution in [2.24, 2.45) is 11.5 Å². The minimum atomic E-state index is -0.481. The Hall–Kier alpha value is -3.44. The highest BCUT2D eigenvalue weighted by Gasteiger charge is 2.34. The molecule has 4 N–H and O–H groups in total. The summed E-state index contributed by atoms with van der Waals surface area (Å²) in [6.45, 7) is 1.95. The number of nitrogens with two attached hydrogens (primary N) is 2. The first-order chi connectivity index (χ1) is 14.5. The number of amides is 1. The fraction of sp³-hybridized carbons (Fsp3) is 0.200. The lowest BCUT2D eigenvalue weighted by atomic mass is 9.72. The van der Waals surface area contributed by atoms with Gasteiger partial charge in [-0.1, -0.05) is 54.6 Å². The molecule has 0 atom stereocenters. The van der Waals surface area contributed by atoms with Crippen molar-refractivity contribution in [2.75, 3.05) is 0 Å². The molecule has 5 rings (SSSR count). The van der Waals surface area contributed by atoms with Gasteiger partial charge in [0.15, 0.2) is 5.65 Å². The second-order valence-electron chi connectivity index (χ2n) is 8.25. The van der Waals surface area contributed by atoms with Gasteiger partial charge in [-0.2, -0.15) is 0 Å². The smallest absolute Gasteiger partial charge is 0.252 e. The number of fused-ring (bicyclic) bond motifs is 1. The third-order valence-electron chi connectivity index (χ3n) is 6.15. The summed E-state index contributed by atoms with van der Waals surface area (Å²) in [4.78, 5) is 17.0. The predicted octanol–water partition coefficient (Wildman–Crippen LogP) is 4.41. The van der Waals surface area contributed by atoms with E-state index >= 15 is 0 Å². The lowest BCUT2D eigenvalue weighted by Crippen LogP contribution is -2.43. The minimum Gasteiger partial charge on any atom is -0.365 e. The highest BCUT2D eigenvalue weighted by atomic mass is 16.1. The Morgan fingerprint density at radius 2 is 1.73 bits per heavy atom. The van der Waals surface area contributed by atoms with Crippen molar-refractivity contribution >= 4 is 11.6 Å². The number of imidazole rings is 1. The van der Waals surface area contributed by atoms with Crippen molar-refractivity contribution in [1.82, 2.24) is 9.38 Å². The molecule has 0 bridgehead atoms. The van der Waals surface area contributed by atoms with Crippen molar-refractivity contribution in [3.05, 3.63) is 83.6 Å². The predicted molar refractivity (Wildman–Crippen MR) is 119 cm³/mol. The molecule has 1 amide bonds. The number of carbonyl (C=O) groups is 1. The molecule has 5 heteroatoms. The van der Waals surface area contributed by atoms with Crippen LogP contribution in [0.4, 0.5) is 0 Å². The van der Waals surface area contributed by atoms with Gasteiger partial charge >= 0.3 is 0 Å². The zero-order valence-corrected chi connectivity index (χ0v) is 16.9. The van der Waals surface area contributed by atoms with Crippen LogP contribution in [0.5, 0.6) is 0 Å². The normalized spacial score (nSPS) is 15.1. The molecular weight excluding hydrogens is 372 g/mol. The third-order valence-corrected chi connectivity index (χ3v) is 6.15. The molecule has 1 aliphatic rings. The van der Waals surface area contributed by atoms with Gasteiger partial charge in [-0.25, -0.2) is 4.98 Å². The fourth-order valence-electron chi connectivity index (χ4n) is 4.34. The van der Waals surface area contributed by atoms with E-state index in [1.165, 1.54) is 6.42 Å². The molecule has 2 heterocycles. The lowest BCUT2D eigenvalue weighted by molar-refractivity contribution is 0.100. The molecule has 150 valence electrons. The average molecular weight is 396 g/mol. The van der Waals surface area contributed by atoms with Gasteiger partial charge in [-0.05, 0) is 43.4 Å². The molecule has 1 saturated carbocycles. The number of carbonyl (C=O) groups excluding carboxylic acids is 1. The van der Waals surface area contributed by atoms with E-state index in [2.05, 4.69) is 36.4 Å². The zero-order chi connectivity index (χ0) is 20.9. The molecule has 30 heavy (non-hydrogen) atoms. The Labute approximate surface area is 175 Å². The number of aryl methyl sites for hydroxylation is 1. The van der Waals surface area contributed by atoms with E-state index in [0.29, 0.717) is 11.2 Å². The van der Waals surface area contributed by atoms with Crippen LogP contribution in [-0.4, -0.2) is 15.3 Å². The van der Waals surface area contributed by atoms with Crippen LogP contribution in [0.25, 0.3) is 28.2 Å². The summed E-state index contributed by atoms with van der Waals surface area (Å²) in [7, 11) is 0. The molecule has 2 aromatic heterocycles. The van der Waals surface area contributed by atoms with Crippen LogP contribution < -0.4 is 11.5 Å². The highest BCUT2D eigenvalue weighted by molar-refractivity contribution is 6.00. The van der Waals surface area contributed by atoms with E-state index in [0.717, 1.165) is 46.5 Å². The Morgan fingerprint density at radius 1 is 1.03 bits per heavy atom. The number of aromatic nitrogens is 2. The molecule has 4 aromatic rings. The van der Waals surface area contributed by atoms with Gasteiger partial charge in [-0.3, -0.25) is 9.20 Å². The summed E-state index contributed by atoms with van der Waals surface area (Å²) in [5.74, 6) is -0.481. The van der Waals surface area contributed by atoms with Crippen LogP contribution >= 0.6 is 0 Å². The molecule has 0 spiro atoms. The van der Waals surface area contributed by atoms with Crippen LogP contribution in [0.1, 0.15) is 40.7 Å². The Bertz CT molecular complexity index is 1250. The molecule has 0 unspecified atom stereocenters. The topological polar surface area (TPSA) is 86.4 Å². The van der Waals surface area contributed by atoms with Crippen LogP contribution in [0.3, 0.4) is 0 Å². The molecule has 1 aliphatic carbocycles. The standard InChI is InChI=1S/C25H24N4O/c1-16-14-20(23(26)30)24-28-21(22(29(24)15-16)18-6-3-2-4-7-18)17-8-10-19(11-9-17)25(27)12-5-13-25/h2-4,6-11,14-15H,5,12-13,27H2,1H3,(H2,26,30). The summed E-state index contributed by atoms with van der Waals surface area (Å²) in [6, 6.07) is 20.2. The number of pyridine rings is 1. The largest absolute Gasteiger partial charge is 0.365 e. The van der Waals surface area contributed by atoms with Crippen molar-refractivity contribution in [2.45, 2.75) is 31.7 Å². The van der Waals surface area contributed by atoms with Crippen LogP contribution in [0.15, 0.2) is 66.9 Å². The molecule has 0 saturated heterocycles. The molecule has 2 aromatic carbocycles. The number of hydrogen-bond donors (Lipinski definition) is 2. The summed E-state index contributed by atoms with van der Waals surface area (Å²) in [6.07, 6.45) is 5.23. The second kappa shape index (κ2) is 6.82. The second-order valence-corrected chi connectivity index (χ2v) is 8.25. The van der Waals surface area contributed by atoms with E-state index < -0.39 is 5.91 Å². The van der Waals surface area contributed by atoms with Gasteiger partial charge in [0, 0.05) is 22.9 Å². The number of nitrogens with zero attached hydrogens (tertiary/aromatic N) is 2. The van der Waals surface area contributed by atoms with Crippen molar-refractivity contribution in [3.8, 4) is 22.5 Å². The summed E-state index contributed by atoms with van der Waals surface area (Å²) < 4.78 is 1.98. The summed E-state index contributed by atoms with van der Waals surface area (Å²) in [5, 5.41) is 0. The first-order valence-electron chi connectivity index (χ1n) is 10.2. The van der Waals surface area contributed by atoms with E-state index in [1.54, 1.807) is 6.07 Å². The van der Waals surface area contributed by atoms with Gasteiger partial charge in [0.05, 0.1) is 17.0 Å². The van der Waals surface area contributed by atoms with E-state index in [1.807, 2.05) is 35.7 Å². The van der Waals surface area contributed by atoms with Gasteiger partial charge in [-0.15, -0.1) is 0 Å². The maximum Gasteiger partial charge on any atom is 0.252 e. The molecule has 0 aliphatic heterocycles. The quantitative estimate of drug-likeness (QED) is 0.535. The first kappa shape index (κ1) is 18.6. The SMILES string of the molecule is Cc1cc(C(N)=O)c2nc(-c3ccc(C4(N)CCC4)cc3)c(-c3ccccc3)n2c1. The van der Waals surface area contributed by atoms with Crippen LogP contribution in [-0.2, 0) is 5.54 Å². The highest BCUT2D eigenvalue weighted by Crippen LogP contribution is 2.40. The van der Waals surface area contributed by atoms with Crippen molar-refractivity contribution in [1.29, 1.82) is 0 Å². The maximum atomic E-state index is 12.1. The Morgan fingerprint density at radius 3 is 2.33 bits per heavy atom. The number of rotatable bonds is 4. The fourth-order valence-corrected chi connectivity index (χ4v) is 4.34. The minimum absolute atomic E-state index is 0.198. The third kappa shape index (κ3) is 2.90. The van der Waals surface area contributed by atoms with Crippen LogP contribution in [0, 0.1) is 6.92 Å². The van der Waals surface area contributed by atoms with Gasteiger partial charge in [0.25, 0.3) is 5.91 Å². The number of benzene rings is 2. The zero-order valence-electron chi connectivity index (χ0n) is 16.9. The van der Waals surface area contributed by atoms with Gasteiger partial charge in [0.2, 0.25) is 0 Å². The Balaban J connectivity index is 1.75. The van der Waals surface area contributed by atoms with Crippen molar-refractivity contribution in [3.63, 3.8) is 0 Å². The molecule has 1 fully saturated rings.